The summed E-state index contributed by atoms with van der Waals surface area (Å²) in [5.74, 6) is -0.133. The molecule has 5 rings (SSSR count). The zero-order chi connectivity index (χ0) is 21.2. The molecule has 0 saturated heterocycles. The number of pyridine rings is 1. The fourth-order valence-corrected chi connectivity index (χ4v) is 4.25. The molecule has 5 heteroatoms. The van der Waals surface area contributed by atoms with Gasteiger partial charge < -0.3 is 4.74 Å². The van der Waals surface area contributed by atoms with Crippen LogP contribution in [0.1, 0.15) is 16.7 Å². The van der Waals surface area contributed by atoms with E-state index in [9.17, 15) is 4.79 Å². The lowest BCUT2D eigenvalue weighted by molar-refractivity contribution is -0.129. The molecule has 0 spiro atoms. The summed E-state index contributed by atoms with van der Waals surface area (Å²) in [5.41, 5.74) is 3.86. The van der Waals surface area contributed by atoms with E-state index in [2.05, 4.69) is 4.99 Å². The number of aromatic nitrogens is 1. The molecule has 150 valence electrons. The van der Waals surface area contributed by atoms with Crippen LogP contribution in [-0.2, 0) is 9.53 Å². The van der Waals surface area contributed by atoms with E-state index in [-0.39, 0.29) is 5.70 Å². The first-order chi connectivity index (χ1) is 15.2. The van der Waals surface area contributed by atoms with E-state index in [0.717, 1.165) is 37.5 Å². The second-order valence-electron chi connectivity index (χ2n) is 7.20. The molecule has 4 aromatic rings. The van der Waals surface area contributed by atoms with Crippen LogP contribution in [0.5, 0.6) is 0 Å². The lowest BCUT2D eigenvalue weighted by Crippen LogP contribution is -2.05. The second kappa shape index (κ2) is 8.20. The van der Waals surface area contributed by atoms with Crippen molar-refractivity contribution in [2.45, 2.75) is 16.8 Å². The normalized spacial score (nSPS) is 14.7. The molecule has 0 N–H and O–H groups in total. The van der Waals surface area contributed by atoms with Crippen molar-refractivity contribution in [1.29, 1.82) is 0 Å². The molecule has 0 radical (unpaired) electrons. The van der Waals surface area contributed by atoms with Gasteiger partial charge in [-0.1, -0.05) is 65.9 Å². The number of benzene rings is 3. The van der Waals surface area contributed by atoms with E-state index >= 15 is 0 Å². The van der Waals surface area contributed by atoms with Gasteiger partial charge in [0.05, 0.1) is 5.52 Å². The third kappa shape index (κ3) is 4.13. The standard InChI is InChI=1S/C26H18N2O2S/c1-17-8-7-10-19(14-17)24-27-23(26(29)30-24)16-20-15-18-9-5-6-13-22(18)28-25(20)31-21-11-3-2-4-12-21/h2-16H,1H3. The van der Waals surface area contributed by atoms with Crippen LogP contribution < -0.4 is 0 Å². The molecule has 0 amide bonds. The predicted molar refractivity (Wildman–Crippen MR) is 124 cm³/mol. The lowest BCUT2D eigenvalue weighted by atomic mass is 10.1. The highest BCUT2D eigenvalue weighted by Crippen LogP contribution is 2.33. The van der Waals surface area contributed by atoms with Gasteiger partial charge in [-0.2, -0.15) is 0 Å². The number of esters is 1. The smallest absolute Gasteiger partial charge is 0.363 e. The predicted octanol–water partition coefficient (Wildman–Crippen LogP) is 6.04. The number of nitrogens with zero attached hydrogens (tertiary/aromatic N) is 2. The summed E-state index contributed by atoms with van der Waals surface area (Å²) in [6, 6.07) is 27.8. The maximum absolute atomic E-state index is 12.5. The van der Waals surface area contributed by atoms with Crippen molar-refractivity contribution >= 4 is 40.6 Å². The van der Waals surface area contributed by atoms with Crippen molar-refractivity contribution in [3.8, 4) is 0 Å². The molecule has 2 heterocycles. The minimum Gasteiger partial charge on any atom is -0.402 e. The number of rotatable bonds is 4. The molecular formula is C26H18N2O2S. The Hall–Kier alpha value is -3.70. The minimum atomic E-state index is -0.458. The van der Waals surface area contributed by atoms with E-state index in [1.807, 2.05) is 91.9 Å². The fraction of sp³-hybridized carbons (Fsp3) is 0.0385. The molecule has 0 fully saturated rings. The van der Waals surface area contributed by atoms with Gasteiger partial charge in [-0.25, -0.2) is 14.8 Å². The van der Waals surface area contributed by atoms with E-state index < -0.39 is 5.97 Å². The van der Waals surface area contributed by atoms with Crippen molar-refractivity contribution in [3.63, 3.8) is 0 Å². The monoisotopic (exact) mass is 422 g/mol. The van der Waals surface area contributed by atoms with E-state index in [1.54, 1.807) is 17.8 Å². The number of cyclic esters (lactones) is 1. The largest absolute Gasteiger partial charge is 0.402 e. The Morgan fingerprint density at radius 2 is 1.71 bits per heavy atom. The van der Waals surface area contributed by atoms with Crippen LogP contribution in [0, 0.1) is 6.92 Å². The Balaban J connectivity index is 1.59. The van der Waals surface area contributed by atoms with Crippen molar-refractivity contribution in [2.75, 3.05) is 0 Å². The first-order valence-corrected chi connectivity index (χ1v) is 10.7. The van der Waals surface area contributed by atoms with E-state index in [0.29, 0.717) is 5.90 Å². The van der Waals surface area contributed by atoms with Gasteiger partial charge in [-0.15, -0.1) is 0 Å². The Labute approximate surface area is 184 Å². The van der Waals surface area contributed by atoms with Gasteiger partial charge in [-0.3, -0.25) is 0 Å². The molecule has 1 aliphatic heterocycles. The number of ether oxygens (including phenoxy) is 1. The molecule has 0 aliphatic carbocycles. The van der Waals surface area contributed by atoms with Crippen molar-refractivity contribution in [2.24, 2.45) is 4.99 Å². The van der Waals surface area contributed by atoms with Crippen LogP contribution >= 0.6 is 11.8 Å². The van der Waals surface area contributed by atoms with Crippen LogP contribution in [0.25, 0.3) is 17.0 Å². The highest BCUT2D eigenvalue weighted by molar-refractivity contribution is 7.99. The molecule has 3 aromatic carbocycles. The van der Waals surface area contributed by atoms with Gasteiger partial charge in [0.2, 0.25) is 5.90 Å². The fourth-order valence-electron chi connectivity index (χ4n) is 3.36. The second-order valence-corrected chi connectivity index (χ2v) is 8.26. The van der Waals surface area contributed by atoms with Crippen LogP contribution in [0.15, 0.2) is 106 Å². The molecule has 1 aliphatic rings. The van der Waals surface area contributed by atoms with Gasteiger partial charge in [0, 0.05) is 21.4 Å². The average molecular weight is 423 g/mol. The Morgan fingerprint density at radius 3 is 2.55 bits per heavy atom. The minimum absolute atomic E-state index is 0.267. The van der Waals surface area contributed by atoms with Crippen LogP contribution in [0.4, 0.5) is 0 Å². The summed E-state index contributed by atoms with van der Waals surface area (Å²) < 4.78 is 5.45. The summed E-state index contributed by atoms with van der Waals surface area (Å²) in [6.07, 6.45) is 1.76. The van der Waals surface area contributed by atoms with Crippen LogP contribution in [0.3, 0.4) is 0 Å². The topological polar surface area (TPSA) is 51.5 Å². The molecule has 4 nitrogen and oxygen atoms in total. The highest BCUT2D eigenvalue weighted by Gasteiger charge is 2.25. The lowest BCUT2D eigenvalue weighted by Gasteiger charge is -2.08. The van der Waals surface area contributed by atoms with Gasteiger partial charge in [0.25, 0.3) is 0 Å². The Bertz CT molecular complexity index is 1360. The molecule has 0 saturated carbocycles. The SMILES string of the molecule is Cc1cccc(C2=NC(=Cc3cc4ccccc4nc3Sc3ccccc3)C(=O)O2)c1. The average Bonchev–Trinajstić information content (AvgIpc) is 3.15. The van der Waals surface area contributed by atoms with Gasteiger partial charge in [0.1, 0.15) is 5.03 Å². The van der Waals surface area contributed by atoms with Crippen molar-refractivity contribution in [3.05, 3.63) is 107 Å². The zero-order valence-electron chi connectivity index (χ0n) is 16.8. The Morgan fingerprint density at radius 1 is 0.903 bits per heavy atom. The highest BCUT2D eigenvalue weighted by atomic mass is 32.2. The van der Waals surface area contributed by atoms with Gasteiger partial charge in [0.15, 0.2) is 5.70 Å². The Kier molecular flexibility index (Phi) is 5.10. The van der Waals surface area contributed by atoms with Crippen molar-refractivity contribution < 1.29 is 9.53 Å². The molecule has 31 heavy (non-hydrogen) atoms. The molecule has 0 bridgehead atoms. The third-order valence-electron chi connectivity index (χ3n) is 4.85. The molecule has 0 unspecified atom stereocenters. The number of aryl methyl sites for hydroxylation is 1. The first kappa shape index (κ1) is 19.3. The number of aliphatic imine (C=N–C) groups is 1. The third-order valence-corrected chi connectivity index (χ3v) is 5.88. The summed E-state index contributed by atoms with van der Waals surface area (Å²) in [4.78, 5) is 22.9. The zero-order valence-corrected chi connectivity index (χ0v) is 17.6. The number of fused-ring (bicyclic) bond motifs is 1. The number of hydrogen-bond acceptors (Lipinski definition) is 5. The molecular weight excluding hydrogens is 404 g/mol. The molecule has 0 atom stereocenters. The number of para-hydroxylation sites is 1. The maximum atomic E-state index is 12.5. The van der Waals surface area contributed by atoms with Crippen molar-refractivity contribution in [1.82, 2.24) is 4.98 Å². The quantitative estimate of drug-likeness (QED) is 0.297. The van der Waals surface area contributed by atoms with E-state index in [1.165, 1.54) is 0 Å². The number of hydrogen-bond donors (Lipinski definition) is 0. The molecule has 1 aromatic heterocycles. The summed E-state index contributed by atoms with van der Waals surface area (Å²) >= 11 is 1.56. The van der Waals surface area contributed by atoms with E-state index in [4.69, 9.17) is 9.72 Å². The summed E-state index contributed by atoms with van der Waals surface area (Å²) in [6.45, 7) is 1.99. The maximum Gasteiger partial charge on any atom is 0.363 e. The van der Waals surface area contributed by atoms with Gasteiger partial charge in [-0.05, 0) is 49.4 Å². The first-order valence-electron chi connectivity index (χ1n) is 9.88. The number of carbonyl (C=O) groups is 1. The summed E-state index contributed by atoms with van der Waals surface area (Å²) in [5, 5.41) is 1.81. The van der Waals surface area contributed by atoms with Crippen LogP contribution in [-0.4, -0.2) is 16.9 Å². The number of carbonyl (C=O) groups excluding carboxylic acids is 1. The summed E-state index contributed by atoms with van der Waals surface area (Å²) in [7, 11) is 0. The van der Waals surface area contributed by atoms with Gasteiger partial charge >= 0.3 is 5.97 Å². The van der Waals surface area contributed by atoms with Crippen LogP contribution in [0.2, 0.25) is 0 Å².